The summed E-state index contributed by atoms with van der Waals surface area (Å²) in [6, 6.07) is 10.8. The monoisotopic (exact) mass is 426 g/mol. The van der Waals surface area contributed by atoms with Gasteiger partial charge in [0.05, 0.1) is 10.7 Å². The van der Waals surface area contributed by atoms with Gasteiger partial charge in [-0.1, -0.05) is 29.3 Å². The molecule has 0 unspecified atom stereocenters. The lowest BCUT2D eigenvalue weighted by molar-refractivity contribution is -0.426. The Kier molecular flexibility index (Phi) is 8.22. The number of pyridine rings is 1. The Morgan fingerprint density at radius 1 is 1.26 bits per heavy atom. The van der Waals surface area contributed by atoms with E-state index in [1.54, 1.807) is 31.4 Å². The summed E-state index contributed by atoms with van der Waals surface area (Å²) < 4.78 is 0. The molecule has 27 heavy (non-hydrogen) atoms. The molecule has 0 aliphatic carbocycles. The SMILES string of the molecule is CCN(Cc1ccc(Cl)nc1)C(NC)=C(CSc1ccc(Cl)cc1)[N+](=O)[O-]. The van der Waals surface area contributed by atoms with E-state index in [2.05, 4.69) is 10.3 Å². The molecular weight excluding hydrogens is 407 g/mol. The first-order valence-corrected chi connectivity index (χ1v) is 9.97. The highest BCUT2D eigenvalue weighted by Gasteiger charge is 2.23. The minimum Gasteiger partial charge on any atom is -0.369 e. The Morgan fingerprint density at radius 3 is 2.48 bits per heavy atom. The largest absolute Gasteiger partial charge is 0.369 e. The van der Waals surface area contributed by atoms with Crippen molar-refractivity contribution in [2.45, 2.75) is 18.4 Å². The van der Waals surface area contributed by atoms with Crippen LogP contribution in [0.25, 0.3) is 0 Å². The van der Waals surface area contributed by atoms with Gasteiger partial charge in [-0.05, 0) is 42.8 Å². The van der Waals surface area contributed by atoms with E-state index in [9.17, 15) is 10.1 Å². The predicted molar refractivity (Wildman–Crippen MR) is 111 cm³/mol. The first-order valence-electron chi connectivity index (χ1n) is 8.23. The summed E-state index contributed by atoms with van der Waals surface area (Å²) in [6.45, 7) is 3.03. The Morgan fingerprint density at radius 2 is 1.96 bits per heavy atom. The van der Waals surface area contributed by atoms with Gasteiger partial charge in [0, 0.05) is 36.3 Å². The van der Waals surface area contributed by atoms with E-state index >= 15 is 0 Å². The lowest BCUT2D eigenvalue weighted by Gasteiger charge is -2.25. The van der Waals surface area contributed by atoms with Crippen LogP contribution in [0.5, 0.6) is 0 Å². The number of hydrogen-bond donors (Lipinski definition) is 1. The summed E-state index contributed by atoms with van der Waals surface area (Å²) in [5.74, 6) is 0.707. The van der Waals surface area contributed by atoms with E-state index in [1.807, 2.05) is 30.0 Å². The van der Waals surface area contributed by atoms with E-state index in [0.29, 0.717) is 29.1 Å². The molecule has 0 saturated carbocycles. The first kappa shape index (κ1) is 21.3. The fraction of sp³-hybridized carbons (Fsp3) is 0.278. The van der Waals surface area contributed by atoms with E-state index in [4.69, 9.17) is 23.2 Å². The van der Waals surface area contributed by atoms with Crippen molar-refractivity contribution in [1.82, 2.24) is 15.2 Å². The van der Waals surface area contributed by atoms with Gasteiger partial charge in [-0.3, -0.25) is 10.1 Å². The molecule has 2 aromatic rings. The summed E-state index contributed by atoms with van der Waals surface area (Å²) in [5, 5.41) is 15.8. The lowest BCUT2D eigenvalue weighted by Crippen LogP contribution is -2.33. The molecule has 1 aromatic heterocycles. The Hall–Kier alpha value is -1.96. The number of benzene rings is 1. The highest BCUT2D eigenvalue weighted by Crippen LogP contribution is 2.24. The van der Waals surface area contributed by atoms with Crippen molar-refractivity contribution in [2.75, 3.05) is 19.3 Å². The number of nitro groups is 1. The number of nitrogens with one attached hydrogen (secondary N) is 1. The molecule has 0 aliphatic rings. The normalized spacial score (nSPS) is 11.7. The number of halogens is 2. The molecule has 1 aromatic carbocycles. The van der Waals surface area contributed by atoms with Crippen LogP contribution >= 0.6 is 35.0 Å². The van der Waals surface area contributed by atoms with Gasteiger partial charge in [-0.25, -0.2) is 4.98 Å². The minimum absolute atomic E-state index is 0.112. The van der Waals surface area contributed by atoms with Crippen LogP contribution in [-0.4, -0.2) is 34.2 Å². The van der Waals surface area contributed by atoms with Gasteiger partial charge in [0.1, 0.15) is 5.15 Å². The van der Waals surface area contributed by atoms with Gasteiger partial charge in [-0.15, -0.1) is 11.8 Å². The third kappa shape index (κ3) is 6.30. The zero-order valence-electron chi connectivity index (χ0n) is 15.0. The highest BCUT2D eigenvalue weighted by atomic mass is 35.5. The Labute approximate surface area is 172 Å². The average molecular weight is 427 g/mol. The number of rotatable bonds is 9. The maximum Gasteiger partial charge on any atom is 0.296 e. The molecule has 0 aliphatic heterocycles. The molecule has 0 radical (unpaired) electrons. The van der Waals surface area contributed by atoms with E-state index in [0.717, 1.165) is 10.5 Å². The molecular formula is C18H20Cl2N4O2S. The van der Waals surface area contributed by atoms with Crippen molar-refractivity contribution in [3.05, 3.63) is 80.0 Å². The molecule has 0 saturated heterocycles. The van der Waals surface area contributed by atoms with Crippen molar-refractivity contribution in [3.63, 3.8) is 0 Å². The lowest BCUT2D eigenvalue weighted by atomic mass is 10.2. The number of nitrogens with zero attached hydrogens (tertiary/aromatic N) is 3. The van der Waals surface area contributed by atoms with Crippen LogP contribution in [0, 0.1) is 10.1 Å². The summed E-state index contributed by atoms with van der Waals surface area (Å²) in [5.41, 5.74) is 1.03. The maximum absolute atomic E-state index is 11.7. The number of hydrogen-bond acceptors (Lipinski definition) is 6. The molecule has 6 nitrogen and oxygen atoms in total. The maximum atomic E-state index is 11.7. The van der Waals surface area contributed by atoms with Gasteiger partial charge in [0.15, 0.2) is 5.82 Å². The standard InChI is InChI=1S/C18H20Cl2N4O2S/c1-3-23(11-13-4-9-17(20)22-10-13)18(21-2)16(24(25)26)12-27-15-7-5-14(19)6-8-15/h4-10,21H,3,11-12H2,1-2H3. The third-order valence-corrected chi connectivity index (χ3v) is 5.28. The molecule has 1 N–H and O–H groups in total. The zero-order valence-corrected chi connectivity index (χ0v) is 17.3. The zero-order chi connectivity index (χ0) is 19.8. The predicted octanol–water partition coefficient (Wildman–Crippen LogP) is 4.67. The summed E-state index contributed by atoms with van der Waals surface area (Å²) in [6.07, 6.45) is 1.67. The van der Waals surface area contributed by atoms with Crippen LogP contribution in [0.3, 0.4) is 0 Å². The smallest absolute Gasteiger partial charge is 0.296 e. The van der Waals surface area contributed by atoms with Crippen molar-refractivity contribution in [3.8, 4) is 0 Å². The second kappa shape index (κ2) is 10.4. The first-order chi connectivity index (χ1) is 12.9. The Bertz CT molecular complexity index is 798. The third-order valence-electron chi connectivity index (χ3n) is 3.78. The van der Waals surface area contributed by atoms with E-state index < -0.39 is 0 Å². The molecule has 0 bridgehead atoms. The van der Waals surface area contributed by atoms with Crippen molar-refractivity contribution < 1.29 is 4.92 Å². The average Bonchev–Trinajstić information content (AvgIpc) is 2.66. The van der Waals surface area contributed by atoms with Crippen molar-refractivity contribution in [1.29, 1.82) is 0 Å². The minimum atomic E-state index is -0.336. The van der Waals surface area contributed by atoms with Gasteiger partial charge >= 0.3 is 0 Å². The van der Waals surface area contributed by atoms with Gasteiger partial charge in [0.2, 0.25) is 0 Å². The summed E-state index contributed by atoms with van der Waals surface area (Å²) >= 11 is 13.1. The van der Waals surface area contributed by atoms with Crippen LogP contribution < -0.4 is 5.32 Å². The number of aromatic nitrogens is 1. The van der Waals surface area contributed by atoms with Gasteiger partial charge in [0.25, 0.3) is 5.70 Å². The molecule has 0 spiro atoms. The quantitative estimate of drug-likeness (QED) is 0.272. The molecule has 0 amide bonds. The van der Waals surface area contributed by atoms with Gasteiger partial charge < -0.3 is 10.2 Å². The summed E-state index contributed by atoms with van der Waals surface area (Å²) in [4.78, 5) is 18.3. The molecule has 1 heterocycles. The van der Waals surface area contributed by atoms with E-state index in [-0.39, 0.29) is 16.4 Å². The van der Waals surface area contributed by atoms with Crippen LogP contribution in [-0.2, 0) is 6.54 Å². The second-order valence-corrected chi connectivity index (χ2v) is 7.42. The molecule has 2 rings (SSSR count). The van der Waals surface area contributed by atoms with Crippen molar-refractivity contribution in [2.24, 2.45) is 0 Å². The molecule has 144 valence electrons. The van der Waals surface area contributed by atoms with Gasteiger partial charge in [-0.2, -0.15) is 0 Å². The van der Waals surface area contributed by atoms with E-state index in [1.165, 1.54) is 11.8 Å². The number of thioether (sulfide) groups is 1. The molecule has 0 fully saturated rings. The molecule has 9 heteroatoms. The molecule has 0 atom stereocenters. The van der Waals surface area contributed by atoms with Crippen molar-refractivity contribution >= 4 is 35.0 Å². The van der Waals surface area contributed by atoms with Crippen LogP contribution in [0.2, 0.25) is 10.2 Å². The van der Waals surface area contributed by atoms with Crippen LogP contribution in [0.1, 0.15) is 12.5 Å². The topological polar surface area (TPSA) is 71.3 Å². The van der Waals surface area contributed by atoms with Crippen LogP contribution in [0.15, 0.2) is 59.0 Å². The van der Waals surface area contributed by atoms with Crippen LogP contribution in [0.4, 0.5) is 0 Å². The fourth-order valence-corrected chi connectivity index (χ4v) is 3.56. The fourth-order valence-electron chi connectivity index (χ4n) is 2.44. The highest BCUT2D eigenvalue weighted by molar-refractivity contribution is 7.99. The summed E-state index contributed by atoms with van der Waals surface area (Å²) in [7, 11) is 1.69. The second-order valence-electron chi connectivity index (χ2n) is 5.55. The Balaban J connectivity index is 2.23.